The van der Waals surface area contributed by atoms with E-state index in [1.165, 1.54) is 5.56 Å². The van der Waals surface area contributed by atoms with Gasteiger partial charge in [0.25, 0.3) is 0 Å². The van der Waals surface area contributed by atoms with E-state index in [0.717, 1.165) is 5.56 Å². The van der Waals surface area contributed by atoms with Crippen molar-refractivity contribution in [2.24, 2.45) is 0 Å². The number of nitriles is 1. The predicted octanol–water partition coefficient (Wildman–Crippen LogP) is 2.66. The van der Waals surface area contributed by atoms with E-state index in [1.807, 2.05) is 37.3 Å². The summed E-state index contributed by atoms with van der Waals surface area (Å²) in [6.07, 6.45) is 1.59. The molecule has 0 radical (unpaired) electrons. The third-order valence-electron chi connectivity index (χ3n) is 2.31. The highest BCUT2D eigenvalue weighted by molar-refractivity contribution is 5.48. The number of rotatable bonds is 0. The Kier molecular flexibility index (Phi) is 3.19. The van der Waals surface area contributed by atoms with E-state index >= 15 is 0 Å². The first-order chi connectivity index (χ1) is 8.29. The Labute approximate surface area is 101 Å². The van der Waals surface area contributed by atoms with Crippen LogP contribution in [0.25, 0.3) is 0 Å². The SMILES string of the molecule is Cc1ccc(C#Cc2cccnc2C#N)cc1. The second kappa shape index (κ2) is 4.96. The van der Waals surface area contributed by atoms with Gasteiger partial charge in [0.15, 0.2) is 5.69 Å². The lowest BCUT2D eigenvalue weighted by Crippen LogP contribution is -1.87. The molecule has 2 rings (SSSR count). The molecule has 2 aromatic rings. The average Bonchev–Trinajstić information content (AvgIpc) is 2.38. The largest absolute Gasteiger partial charge is 0.244 e. The number of benzene rings is 1. The molecule has 0 fully saturated rings. The van der Waals surface area contributed by atoms with E-state index < -0.39 is 0 Å². The summed E-state index contributed by atoms with van der Waals surface area (Å²) in [6, 6.07) is 13.6. The molecule has 2 nitrogen and oxygen atoms in total. The van der Waals surface area contributed by atoms with Gasteiger partial charge in [0.2, 0.25) is 0 Å². The van der Waals surface area contributed by atoms with E-state index in [9.17, 15) is 0 Å². The van der Waals surface area contributed by atoms with Gasteiger partial charge in [-0.25, -0.2) is 4.98 Å². The highest BCUT2D eigenvalue weighted by atomic mass is 14.7. The summed E-state index contributed by atoms with van der Waals surface area (Å²) < 4.78 is 0. The third-order valence-corrected chi connectivity index (χ3v) is 2.31. The van der Waals surface area contributed by atoms with Crippen molar-refractivity contribution in [1.82, 2.24) is 4.98 Å². The van der Waals surface area contributed by atoms with Crippen molar-refractivity contribution in [2.75, 3.05) is 0 Å². The van der Waals surface area contributed by atoms with Crippen LogP contribution in [0, 0.1) is 30.1 Å². The molecule has 2 heteroatoms. The van der Waals surface area contributed by atoms with E-state index in [0.29, 0.717) is 11.3 Å². The van der Waals surface area contributed by atoms with Crippen LogP contribution in [-0.2, 0) is 0 Å². The van der Waals surface area contributed by atoms with Crippen LogP contribution in [0.15, 0.2) is 42.6 Å². The summed E-state index contributed by atoms with van der Waals surface area (Å²) in [5.74, 6) is 5.99. The molecular weight excluding hydrogens is 208 g/mol. The average molecular weight is 218 g/mol. The monoisotopic (exact) mass is 218 g/mol. The lowest BCUT2D eigenvalue weighted by atomic mass is 10.1. The first-order valence-corrected chi connectivity index (χ1v) is 5.23. The first kappa shape index (κ1) is 10.9. The maximum Gasteiger partial charge on any atom is 0.156 e. The van der Waals surface area contributed by atoms with Crippen molar-refractivity contribution in [3.05, 3.63) is 65.0 Å². The number of nitrogens with zero attached hydrogens (tertiary/aromatic N) is 2. The van der Waals surface area contributed by atoms with Gasteiger partial charge in [-0.2, -0.15) is 5.26 Å². The Hall–Kier alpha value is -2.58. The second-order valence-corrected chi connectivity index (χ2v) is 3.63. The van der Waals surface area contributed by atoms with Gasteiger partial charge in [0.1, 0.15) is 6.07 Å². The van der Waals surface area contributed by atoms with Crippen LogP contribution in [0.4, 0.5) is 0 Å². The zero-order valence-corrected chi connectivity index (χ0v) is 9.44. The summed E-state index contributed by atoms with van der Waals surface area (Å²) in [5.41, 5.74) is 3.17. The number of hydrogen-bond donors (Lipinski definition) is 0. The van der Waals surface area contributed by atoms with Gasteiger partial charge < -0.3 is 0 Å². The van der Waals surface area contributed by atoms with Crippen molar-refractivity contribution in [3.8, 4) is 17.9 Å². The van der Waals surface area contributed by atoms with Crippen molar-refractivity contribution in [1.29, 1.82) is 5.26 Å². The lowest BCUT2D eigenvalue weighted by molar-refractivity contribution is 1.25. The molecule has 17 heavy (non-hydrogen) atoms. The highest BCUT2D eigenvalue weighted by Crippen LogP contribution is 2.04. The van der Waals surface area contributed by atoms with Crippen LogP contribution in [0.3, 0.4) is 0 Å². The quantitative estimate of drug-likeness (QED) is 0.637. The van der Waals surface area contributed by atoms with Gasteiger partial charge >= 0.3 is 0 Å². The van der Waals surface area contributed by atoms with Gasteiger partial charge in [0, 0.05) is 11.8 Å². The number of aromatic nitrogens is 1. The van der Waals surface area contributed by atoms with Gasteiger partial charge in [-0.05, 0) is 31.2 Å². The minimum absolute atomic E-state index is 0.368. The van der Waals surface area contributed by atoms with Crippen LogP contribution < -0.4 is 0 Å². The van der Waals surface area contributed by atoms with Crippen LogP contribution in [-0.4, -0.2) is 4.98 Å². The molecule has 0 aliphatic rings. The number of pyridine rings is 1. The summed E-state index contributed by atoms with van der Waals surface area (Å²) >= 11 is 0. The summed E-state index contributed by atoms with van der Waals surface area (Å²) in [5, 5.41) is 8.87. The molecule has 0 atom stereocenters. The zero-order chi connectivity index (χ0) is 12.1. The normalized spacial score (nSPS) is 8.94. The van der Waals surface area contributed by atoms with Crippen LogP contribution in [0.1, 0.15) is 22.4 Å². The molecule has 0 aliphatic carbocycles. The molecule has 0 spiro atoms. The molecule has 1 heterocycles. The van der Waals surface area contributed by atoms with Crippen LogP contribution in [0.5, 0.6) is 0 Å². The zero-order valence-electron chi connectivity index (χ0n) is 9.44. The molecule has 1 aromatic carbocycles. The fourth-order valence-electron chi connectivity index (χ4n) is 1.37. The second-order valence-electron chi connectivity index (χ2n) is 3.63. The molecule has 80 valence electrons. The summed E-state index contributed by atoms with van der Waals surface area (Å²) in [6.45, 7) is 2.03. The highest BCUT2D eigenvalue weighted by Gasteiger charge is 1.97. The van der Waals surface area contributed by atoms with Crippen molar-refractivity contribution >= 4 is 0 Å². The molecule has 0 unspecified atom stereocenters. The van der Waals surface area contributed by atoms with Gasteiger partial charge in [-0.15, -0.1) is 0 Å². The van der Waals surface area contributed by atoms with E-state index in [2.05, 4.69) is 16.8 Å². The molecule has 0 bridgehead atoms. The standard InChI is InChI=1S/C15H10N2/c1-12-4-6-13(7-5-12)8-9-14-3-2-10-17-15(14)11-16/h2-7,10H,1H3. The molecule has 0 saturated heterocycles. The third kappa shape index (κ3) is 2.71. The van der Waals surface area contributed by atoms with E-state index in [-0.39, 0.29) is 0 Å². The molecular formula is C15H10N2. The van der Waals surface area contributed by atoms with Crippen LogP contribution >= 0.6 is 0 Å². The van der Waals surface area contributed by atoms with Crippen LogP contribution in [0.2, 0.25) is 0 Å². The van der Waals surface area contributed by atoms with E-state index in [4.69, 9.17) is 5.26 Å². The fourth-order valence-corrected chi connectivity index (χ4v) is 1.37. The molecule has 1 aromatic heterocycles. The maximum absolute atomic E-state index is 8.87. The van der Waals surface area contributed by atoms with Crippen molar-refractivity contribution in [3.63, 3.8) is 0 Å². The van der Waals surface area contributed by atoms with Crippen molar-refractivity contribution < 1.29 is 0 Å². The Bertz CT molecular complexity index is 622. The van der Waals surface area contributed by atoms with Gasteiger partial charge in [-0.1, -0.05) is 29.5 Å². The summed E-state index contributed by atoms with van der Waals surface area (Å²) in [4.78, 5) is 3.96. The van der Waals surface area contributed by atoms with Gasteiger partial charge in [-0.3, -0.25) is 0 Å². The smallest absolute Gasteiger partial charge is 0.156 e. The summed E-state index contributed by atoms with van der Waals surface area (Å²) in [7, 11) is 0. The fraction of sp³-hybridized carbons (Fsp3) is 0.0667. The Morgan fingerprint density at radius 2 is 1.82 bits per heavy atom. The number of aryl methyl sites for hydroxylation is 1. The lowest BCUT2D eigenvalue weighted by Gasteiger charge is -1.93. The molecule has 0 aliphatic heterocycles. The minimum atomic E-state index is 0.368. The molecule has 0 saturated carbocycles. The molecule has 0 amide bonds. The Balaban J connectivity index is 2.33. The maximum atomic E-state index is 8.87. The van der Waals surface area contributed by atoms with E-state index in [1.54, 1.807) is 18.3 Å². The number of hydrogen-bond acceptors (Lipinski definition) is 2. The minimum Gasteiger partial charge on any atom is -0.244 e. The van der Waals surface area contributed by atoms with Crippen molar-refractivity contribution in [2.45, 2.75) is 6.92 Å². The Morgan fingerprint density at radius 3 is 2.53 bits per heavy atom. The predicted molar refractivity (Wildman–Crippen MR) is 66.1 cm³/mol. The van der Waals surface area contributed by atoms with Gasteiger partial charge in [0.05, 0.1) is 5.56 Å². The molecule has 0 N–H and O–H groups in total. The first-order valence-electron chi connectivity index (χ1n) is 5.23. The Morgan fingerprint density at radius 1 is 1.06 bits per heavy atom. The topological polar surface area (TPSA) is 36.7 Å².